The number of benzene rings is 4. The number of hydrogen-bond acceptors (Lipinski definition) is 4. The van der Waals surface area contributed by atoms with Gasteiger partial charge in [0.2, 0.25) is 0 Å². The topological polar surface area (TPSA) is 48.0 Å². The Morgan fingerprint density at radius 1 is 0.878 bits per heavy atom. The summed E-state index contributed by atoms with van der Waals surface area (Å²) in [6.45, 7) is 6.84. The summed E-state index contributed by atoms with van der Waals surface area (Å²) in [5.41, 5.74) is 3.17. The Labute approximate surface area is 241 Å². The highest BCUT2D eigenvalue weighted by atomic mass is 19.1. The van der Waals surface area contributed by atoms with E-state index in [2.05, 4.69) is 18.2 Å². The summed E-state index contributed by atoms with van der Waals surface area (Å²) in [5.74, 6) is 0.825. The van der Waals surface area contributed by atoms with Crippen molar-refractivity contribution in [3.05, 3.63) is 113 Å². The van der Waals surface area contributed by atoms with Crippen LogP contribution in [0.1, 0.15) is 55.4 Å². The normalized spacial score (nSPS) is 17.4. The van der Waals surface area contributed by atoms with E-state index in [0.29, 0.717) is 38.3 Å². The van der Waals surface area contributed by atoms with Gasteiger partial charge in [-0.05, 0) is 67.0 Å². The van der Waals surface area contributed by atoms with E-state index < -0.39 is 12.3 Å². The molecule has 0 N–H and O–H groups in total. The highest BCUT2D eigenvalue weighted by Gasteiger charge is 2.35. The molecule has 6 heteroatoms. The molecule has 5 nitrogen and oxygen atoms in total. The summed E-state index contributed by atoms with van der Waals surface area (Å²) in [5, 5.41) is 2.12. The van der Waals surface area contributed by atoms with E-state index in [9.17, 15) is 9.18 Å². The Morgan fingerprint density at radius 3 is 2.41 bits per heavy atom. The molecule has 0 radical (unpaired) electrons. The number of amides is 1. The van der Waals surface area contributed by atoms with Gasteiger partial charge in [-0.2, -0.15) is 0 Å². The van der Waals surface area contributed by atoms with Gasteiger partial charge in [-0.3, -0.25) is 0 Å². The molecule has 4 aromatic carbocycles. The second-order valence-corrected chi connectivity index (χ2v) is 11.6. The zero-order valence-corrected chi connectivity index (χ0v) is 24.0. The number of carbonyl (C=O) groups is 1. The molecule has 1 aliphatic rings. The van der Waals surface area contributed by atoms with E-state index in [1.54, 1.807) is 11.0 Å². The van der Waals surface area contributed by atoms with Gasteiger partial charge in [0.05, 0.1) is 19.3 Å². The zero-order valence-electron chi connectivity index (χ0n) is 24.0. The molecule has 1 aliphatic heterocycles. The largest absolute Gasteiger partial charge is 0.488 e. The van der Waals surface area contributed by atoms with Crippen LogP contribution in [0.5, 0.6) is 5.75 Å². The van der Waals surface area contributed by atoms with Crippen molar-refractivity contribution < 1.29 is 23.4 Å². The second kappa shape index (κ2) is 12.7. The summed E-state index contributed by atoms with van der Waals surface area (Å²) in [6, 6.07) is 30.0. The standard InChI is InChI=1S/C35H38FNO4/c1-35(2,3)41-34(38)37-17-16-31(29-14-9-12-26(18-29)21-36)33(22-37)40-24-27-19-28-13-7-8-15-30(28)32(20-27)39-23-25-10-5-4-6-11-25/h4-15,18-20,31,33H,16-17,21-24H2,1-3H3. The number of fused-ring (bicyclic) bond motifs is 1. The van der Waals surface area contributed by atoms with Crippen molar-refractivity contribution in [3.63, 3.8) is 0 Å². The van der Waals surface area contributed by atoms with Crippen molar-refractivity contribution in [1.29, 1.82) is 0 Å². The van der Waals surface area contributed by atoms with E-state index >= 15 is 0 Å². The lowest BCUT2D eigenvalue weighted by Gasteiger charge is -2.39. The maximum Gasteiger partial charge on any atom is 0.410 e. The lowest BCUT2D eigenvalue weighted by molar-refractivity contribution is -0.0359. The maximum absolute atomic E-state index is 13.5. The lowest BCUT2D eigenvalue weighted by atomic mass is 9.86. The summed E-state index contributed by atoms with van der Waals surface area (Å²) in [6.07, 6.45) is 0.0682. The number of carbonyl (C=O) groups excluding carboxylic acids is 1. The van der Waals surface area contributed by atoms with Crippen LogP contribution in [0, 0.1) is 0 Å². The molecule has 1 saturated heterocycles. The summed E-state index contributed by atoms with van der Waals surface area (Å²) in [4.78, 5) is 14.7. The number of hydrogen-bond donors (Lipinski definition) is 0. The van der Waals surface area contributed by atoms with Gasteiger partial charge in [0, 0.05) is 17.8 Å². The van der Waals surface area contributed by atoms with Crippen molar-refractivity contribution in [1.82, 2.24) is 4.90 Å². The van der Waals surface area contributed by atoms with Gasteiger partial charge in [-0.15, -0.1) is 0 Å². The first-order valence-corrected chi connectivity index (χ1v) is 14.2. The van der Waals surface area contributed by atoms with Gasteiger partial charge in [0.1, 0.15) is 24.6 Å². The van der Waals surface area contributed by atoms with Crippen LogP contribution >= 0.6 is 0 Å². The highest BCUT2D eigenvalue weighted by molar-refractivity contribution is 5.89. The van der Waals surface area contributed by atoms with E-state index in [1.807, 2.05) is 87.5 Å². The van der Waals surface area contributed by atoms with Crippen LogP contribution in [0.3, 0.4) is 0 Å². The number of alkyl halides is 1. The first kappa shape index (κ1) is 28.6. The van der Waals surface area contributed by atoms with Crippen LogP contribution in [0.25, 0.3) is 10.8 Å². The number of nitrogens with zero attached hydrogens (tertiary/aromatic N) is 1. The molecule has 41 heavy (non-hydrogen) atoms. The highest BCUT2D eigenvalue weighted by Crippen LogP contribution is 2.34. The molecular formula is C35H38FNO4. The zero-order chi connectivity index (χ0) is 28.8. The minimum absolute atomic E-state index is 0.0226. The van der Waals surface area contributed by atoms with Gasteiger partial charge >= 0.3 is 6.09 Å². The van der Waals surface area contributed by atoms with Gasteiger partial charge in [0.25, 0.3) is 0 Å². The molecule has 4 aromatic rings. The third-order valence-electron chi connectivity index (χ3n) is 7.33. The van der Waals surface area contributed by atoms with Crippen molar-refractivity contribution in [2.45, 2.75) is 64.7 Å². The first-order chi connectivity index (χ1) is 19.8. The van der Waals surface area contributed by atoms with Gasteiger partial charge < -0.3 is 19.1 Å². The summed E-state index contributed by atoms with van der Waals surface area (Å²) >= 11 is 0. The molecule has 1 heterocycles. The molecule has 0 bridgehead atoms. The molecule has 0 spiro atoms. The van der Waals surface area contributed by atoms with Crippen LogP contribution in [-0.2, 0) is 29.4 Å². The molecule has 1 fully saturated rings. The van der Waals surface area contributed by atoms with Crippen LogP contribution in [0.2, 0.25) is 0 Å². The molecule has 5 rings (SSSR count). The molecule has 2 atom stereocenters. The Kier molecular flexibility index (Phi) is 8.89. The Hall–Kier alpha value is -3.90. The monoisotopic (exact) mass is 555 g/mol. The van der Waals surface area contributed by atoms with Crippen molar-refractivity contribution in [2.24, 2.45) is 0 Å². The third-order valence-corrected chi connectivity index (χ3v) is 7.33. The average Bonchev–Trinajstić information content (AvgIpc) is 2.98. The minimum atomic E-state index is -0.582. The molecular weight excluding hydrogens is 517 g/mol. The van der Waals surface area contributed by atoms with E-state index in [0.717, 1.165) is 33.2 Å². The van der Waals surface area contributed by atoms with Crippen molar-refractivity contribution in [2.75, 3.05) is 13.1 Å². The molecule has 214 valence electrons. The molecule has 0 saturated carbocycles. The third kappa shape index (κ3) is 7.44. The van der Waals surface area contributed by atoms with E-state index in [-0.39, 0.29) is 18.1 Å². The number of halogens is 1. The number of ether oxygens (including phenoxy) is 3. The smallest absolute Gasteiger partial charge is 0.410 e. The fraction of sp³-hybridized carbons (Fsp3) is 0.343. The quantitative estimate of drug-likeness (QED) is 0.220. The molecule has 0 aromatic heterocycles. The number of rotatable bonds is 8. The SMILES string of the molecule is CC(C)(C)OC(=O)N1CCC(c2cccc(CF)c2)C(OCc2cc(OCc3ccccc3)c3ccccc3c2)C1. The van der Waals surface area contributed by atoms with Gasteiger partial charge in [-0.25, -0.2) is 9.18 Å². The number of likely N-dealkylation sites (tertiary alicyclic amines) is 1. The van der Waals surface area contributed by atoms with E-state index in [1.165, 1.54) is 0 Å². The lowest BCUT2D eigenvalue weighted by Crippen LogP contribution is -2.48. The van der Waals surface area contributed by atoms with Crippen LogP contribution in [-0.4, -0.2) is 35.8 Å². The predicted molar refractivity (Wildman–Crippen MR) is 160 cm³/mol. The van der Waals surface area contributed by atoms with E-state index in [4.69, 9.17) is 14.2 Å². The summed E-state index contributed by atoms with van der Waals surface area (Å²) in [7, 11) is 0. The van der Waals surface area contributed by atoms with Gasteiger partial charge in [-0.1, -0.05) is 78.9 Å². The Bertz CT molecular complexity index is 1470. The fourth-order valence-electron chi connectivity index (χ4n) is 5.34. The molecule has 1 amide bonds. The van der Waals surface area contributed by atoms with Crippen molar-refractivity contribution >= 4 is 16.9 Å². The molecule has 2 unspecified atom stereocenters. The summed E-state index contributed by atoms with van der Waals surface area (Å²) < 4.78 is 32.0. The Morgan fingerprint density at radius 2 is 1.63 bits per heavy atom. The number of piperidine rings is 1. The minimum Gasteiger partial charge on any atom is -0.488 e. The maximum atomic E-state index is 13.5. The average molecular weight is 556 g/mol. The fourth-order valence-corrected chi connectivity index (χ4v) is 5.34. The predicted octanol–water partition coefficient (Wildman–Crippen LogP) is 8.20. The Balaban J connectivity index is 1.38. The van der Waals surface area contributed by atoms with Crippen molar-refractivity contribution in [3.8, 4) is 5.75 Å². The van der Waals surface area contributed by atoms with Crippen LogP contribution in [0.15, 0.2) is 91.0 Å². The van der Waals surface area contributed by atoms with Crippen LogP contribution < -0.4 is 4.74 Å². The second-order valence-electron chi connectivity index (χ2n) is 11.6. The first-order valence-electron chi connectivity index (χ1n) is 14.2. The van der Waals surface area contributed by atoms with Gasteiger partial charge in [0.15, 0.2) is 0 Å². The molecule has 0 aliphatic carbocycles. The van der Waals surface area contributed by atoms with Crippen LogP contribution in [0.4, 0.5) is 9.18 Å².